The van der Waals surface area contributed by atoms with Crippen molar-refractivity contribution >= 4 is 5.69 Å². The van der Waals surface area contributed by atoms with Crippen LogP contribution >= 0.6 is 0 Å². The fourth-order valence-corrected chi connectivity index (χ4v) is 1.27. The van der Waals surface area contributed by atoms with Crippen molar-refractivity contribution < 1.29 is 4.42 Å². The third-order valence-corrected chi connectivity index (χ3v) is 1.85. The molecule has 0 radical (unpaired) electrons. The molecule has 4 nitrogen and oxygen atoms in total. The van der Waals surface area contributed by atoms with E-state index in [2.05, 4.69) is 22.4 Å². The van der Waals surface area contributed by atoms with E-state index in [-0.39, 0.29) is 0 Å². The Morgan fingerprint density at radius 3 is 3.07 bits per heavy atom. The average Bonchev–Trinajstić information content (AvgIpc) is 2.71. The monoisotopic (exact) mass is 189 g/mol. The molecule has 0 aliphatic heterocycles. The largest absolute Gasteiger partial charge is 0.423 e. The number of hydrogen-bond acceptors (Lipinski definition) is 4. The average molecular weight is 189 g/mol. The maximum atomic E-state index is 5.10. The van der Waals surface area contributed by atoms with Gasteiger partial charge < -0.3 is 9.73 Å². The van der Waals surface area contributed by atoms with E-state index in [1.165, 1.54) is 6.39 Å². The van der Waals surface area contributed by atoms with E-state index in [0.29, 0.717) is 5.89 Å². The topological polar surface area (TPSA) is 51.0 Å². The zero-order valence-corrected chi connectivity index (χ0v) is 7.90. The summed E-state index contributed by atoms with van der Waals surface area (Å²) in [7, 11) is 0. The third kappa shape index (κ3) is 1.74. The fourth-order valence-electron chi connectivity index (χ4n) is 1.27. The van der Waals surface area contributed by atoms with E-state index < -0.39 is 0 Å². The lowest BCUT2D eigenvalue weighted by atomic mass is 10.2. The van der Waals surface area contributed by atoms with Gasteiger partial charge in [0.15, 0.2) is 0 Å². The molecule has 0 saturated heterocycles. The first-order valence-corrected chi connectivity index (χ1v) is 4.50. The minimum Gasteiger partial charge on any atom is -0.423 e. The van der Waals surface area contributed by atoms with Crippen molar-refractivity contribution in [3.05, 3.63) is 30.7 Å². The van der Waals surface area contributed by atoms with Gasteiger partial charge in [-0.1, -0.05) is 6.07 Å². The highest BCUT2D eigenvalue weighted by Crippen LogP contribution is 2.19. The van der Waals surface area contributed by atoms with Crippen molar-refractivity contribution in [3.63, 3.8) is 0 Å². The second-order valence-electron chi connectivity index (χ2n) is 2.86. The SMILES string of the molecule is CCNc1cccc(-c2nnco2)c1. The maximum Gasteiger partial charge on any atom is 0.247 e. The predicted octanol–water partition coefficient (Wildman–Crippen LogP) is 2.17. The third-order valence-electron chi connectivity index (χ3n) is 1.85. The summed E-state index contributed by atoms with van der Waals surface area (Å²) in [5.74, 6) is 0.546. The van der Waals surface area contributed by atoms with Crippen LogP contribution in [0.1, 0.15) is 6.92 Å². The van der Waals surface area contributed by atoms with Gasteiger partial charge in [0.2, 0.25) is 12.3 Å². The van der Waals surface area contributed by atoms with Crippen molar-refractivity contribution in [2.45, 2.75) is 6.92 Å². The van der Waals surface area contributed by atoms with Crippen LogP contribution in [0.3, 0.4) is 0 Å². The number of aromatic nitrogens is 2. The Kier molecular flexibility index (Phi) is 2.44. The van der Waals surface area contributed by atoms with Gasteiger partial charge in [-0.3, -0.25) is 0 Å². The number of nitrogens with one attached hydrogen (secondary N) is 1. The molecule has 0 atom stereocenters. The van der Waals surface area contributed by atoms with Gasteiger partial charge in [0.25, 0.3) is 0 Å². The molecule has 0 unspecified atom stereocenters. The van der Waals surface area contributed by atoms with Crippen molar-refractivity contribution in [3.8, 4) is 11.5 Å². The molecule has 0 bridgehead atoms. The van der Waals surface area contributed by atoms with Gasteiger partial charge in [-0.2, -0.15) is 0 Å². The summed E-state index contributed by atoms with van der Waals surface area (Å²) >= 11 is 0. The second kappa shape index (κ2) is 3.91. The molecular weight excluding hydrogens is 178 g/mol. The molecule has 0 saturated carbocycles. The van der Waals surface area contributed by atoms with Crippen LogP contribution in [0, 0.1) is 0 Å². The second-order valence-corrected chi connectivity index (χ2v) is 2.86. The van der Waals surface area contributed by atoms with E-state index in [9.17, 15) is 0 Å². The van der Waals surface area contributed by atoms with E-state index in [4.69, 9.17) is 4.42 Å². The Hall–Kier alpha value is -1.84. The van der Waals surface area contributed by atoms with Gasteiger partial charge in [0, 0.05) is 17.8 Å². The summed E-state index contributed by atoms with van der Waals surface area (Å²) in [6.45, 7) is 2.95. The molecule has 2 aromatic rings. The molecule has 0 amide bonds. The lowest BCUT2D eigenvalue weighted by Crippen LogP contribution is -1.95. The van der Waals surface area contributed by atoms with Crippen LogP contribution in [-0.4, -0.2) is 16.7 Å². The zero-order valence-electron chi connectivity index (χ0n) is 7.90. The van der Waals surface area contributed by atoms with Crippen LogP contribution in [0.15, 0.2) is 35.1 Å². The van der Waals surface area contributed by atoms with Crippen LogP contribution in [0.4, 0.5) is 5.69 Å². The fraction of sp³-hybridized carbons (Fsp3) is 0.200. The molecule has 1 aromatic carbocycles. The first-order chi connectivity index (χ1) is 6.90. The van der Waals surface area contributed by atoms with Crippen LogP contribution in [0.2, 0.25) is 0 Å². The van der Waals surface area contributed by atoms with Crippen molar-refractivity contribution in [2.75, 3.05) is 11.9 Å². The Balaban J connectivity index is 2.31. The molecule has 0 spiro atoms. The lowest BCUT2D eigenvalue weighted by Gasteiger charge is -2.03. The Labute approximate surface area is 82.0 Å². The Bertz CT molecular complexity index is 398. The zero-order chi connectivity index (χ0) is 9.80. The van der Waals surface area contributed by atoms with E-state index >= 15 is 0 Å². The van der Waals surface area contributed by atoms with Gasteiger partial charge >= 0.3 is 0 Å². The highest BCUT2D eigenvalue weighted by atomic mass is 16.4. The molecule has 2 rings (SSSR count). The Morgan fingerprint density at radius 2 is 2.36 bits per heavy atom. The highest BCUT2D eigenvalue weighted by molar-refractivity contribution is 5.60. The first kappa shape index (κ1) is 8.74. The first-order valence-electron chi connectivity index (χ1n) is 4.50. The van der Waals surface area contributed by atoms with Crippen molar-refractivity contribution in [2.24, 2.45) is 0 Å². The van der Waals surface area contributed by atoms with Crippen molar-refractivity contribution in [1.29, 1.82) is 0 Å². The lowest BCUT2D eigenvalue weighted by molar-refractivity contribution is 0.568. The molecule has 4 heteroatoms. The molecular formula is C10H11N3O. The minimum atomic E-state index is 0.546. The Morgan fingerprint density at radius 1 is 1.43 bits per heavy atom. The van der Waals surface area contributed by atoms with Gasteiger partial charge in [0.05, 0.1) is 0 Å². The number of hydrogen-bond donors (Lipinski definition) is 1. The molecule has 1 N–H and O–H groups in total. The summed E-state index contributed by atoms with van der Waals surface area (Å²) in [6.07, 6.45) is 1.33. The molecule has 0 aliphatic rings. The molecule has 1 heterocycles. The van der Waals surface area contributed by atoms with E-state index in [0.717, 1.165) is 17.8 Å². The van der Waals surface area contributed by atoms with Gasteiger partial charge in [-0.05, 0) is 25.1 Å². The quantitative estimate of drug-likeness (QED) is 0.803. The molecule has 0 aliphatic carbocycles. The highest BCUT2D eigenvalue weighted by Gasteiger charge is 2.02. The summed E-state index contributed by atoms with van der Waals surface area (Å²) in [5, 5.41) is 10.7. The van der Waals surface area contributed by atoms with Crippen LogP contribution in [0.25, 0.3) is 11.5 Å². The maximum absolute atomic E-state index is 5.10. The number of benzene rings is 1. The molecule has 0 fully saturated rings. The van der Waals surface area contributed by atoms with Crippen LogP contribution in [-0.2, 0) is 0 Å². The number of nitrogens with zero attached hydrogens (tertiary/aromatic N) is 2. The standard InChI is InChI=1S/C10H11N3O/c1-2-11-9-5-3-4-8(6-9)10-13-12-7-14-10/h3-7,11H,2H2,1H3. The van der Waals surface area contributed by atoms with Gasteiger partial charge in [-0.25, -0.2) is 0 Å². The smallest absolute Gasteiger partial charge is 0.247 e. The normalized spacial score (nSPS) is 10.1. The minimum absolute atomic E-state index is 0.546. The van der Waals surface area contributed by atoms with Crippen molar-refractivity contribution in [1.82, 2.24) is 10.2 Å². The van der Waals surface area contributed by atoms with Crippen LogP contribution < -0.4 is 5.32 Å². The summed E-state index contributed by atoms with van der Waals surface area (Å²) in [4.78, 5) is 0. The number of rotatable bonds is 3. The molecule has 72 valence electrons. The molecule has 1 aromatic heterocycles. The summed E-state index contributed by atoms with van der Waals surface area (Å²) in [6, 6.07) is 7.88. The van der Waals surface area contributed by atoms with Gasteiger partial charge in [-0.15, -0.1) is 10.2 Å². The predicted molar refractivity (Wildman–Crippen MR) is 53.9 cm³/mol. The van der Waals surface area contributed by atoms with E-state index in [1.54, 1.807) is 0 Å². The molecule has 14 heavy (non-hydrogen) atoms. The summed E-state index contributed by atoms with van der Waals surface area (Å²) in [5.41, 5.74) is 1.99. The number of anilines is 1. The van der Waals surface area contributed by atoms with Gasteiger partial charge in [0.1, 0.15) is 0 Å². The summed E-state index contributed by atoms with van der Waals surface area (Å²) < 4.78 is 5.10. The van der Waals surface area contributed by atoms with Crippen LogP contribution in [0.5, 0.6) is 0 Å². The van der Waals surface area contributed by atoms with E-state index in [1.807, 2.05) is 24.3 Å².